The van der Waals surface area contributed by atoms with Gasteiger partial charge in [0.25, 0.3) is 0 Å². The predicted octanol–water partition coefficient (Wildman–Crippen LogP) is 3.47. The van der Waals surface area contributed by atoms with Gasteiger partial charge < -0.3 is 14.6 Å². The van der Waals surface area contributed by atoms with Crippen molar-refractivity contribution in [3.8, 4) is 6.07 Å². The minimum Gasteiger partial charge on any atom is -0.465 e. The maximum Gasteiger partial charge on any atom is 0.417 e. The van der Waals surface area contributed by atoms with Crippen LogP contribution >= 0.6 is 0 Å². The maximum absolute atomic E-state index is 13.4. The molecule has 1 aromatic rings. The summed E-state index contributed by atoms with van der Waals surface area (Å²) in [4.78, 5) is 25.9. The van der Waals surface area contributed by atoms with Crippen molar-refractivity contribution in [2.75, 3.05) is 6.61 Å². The highest BCUT2D eigenvalue weighted by Crippen LogP contribution is 2.62. The summed E-state index contributed by atoms with van der Waals surface area (Å²) >= 11 is 0. The second kappa shape index (κ2) is 7.04. The summed E-state index contributed by atoms with van der Waals surface area (Å²) in [6.07, 6.45) is -3.99. The number of hydrogen-bond donors (Lipinski definition) is 1. The van der Waals surface area contributed by atoms with Gasteiger partial charge in [-0.25, -0.2) is 4.79 Å². The molecule has 3 heterocycles. The number of carbonyl (C=O) groups is 2. The fraction of sp³-hybridized carbons (Fsp3) is 0.545. The summed E-state index contributed by atoms with van der Waals surface area (Å²) in [6, 6.07) is 4.31. The molecule has 1 N–H and O–H groups in total. The zero-order valence-electron chi connectivity index (χ0n) is 17.7. The third kappa shape index (κ3) is 2.94. The lowest BCUT2D eigenvalue weighted by atomic mass is 9.63. The molecule has 170 valence electrons. The fourth-order valence-corrected chi connectivity index (χ4v) is 5.46. The number of ether oxygens (including phenoxy) is 2. The largest absolute Gasteiger partial charge is 0.465 e. The molecule has 0 aromatic heterocycles. The van der Waals surface area contributed by atoms with Crippen LogP contribution in [0, 0.1) is 29.1 Å². The Bertz CT molecular complexity index is 1090. The molecule has 0 unspecified atom stereocenters. The SMILES string of the molecule is CCCOC(=O)[C@@H]1C[C@@]2(C)O[C@]1(C)[C@@H]1C(O)=[N+](c3ccc(C#N)c(C(F)(F)F)c3)C(=O)[C@@H]12. The van der Waals surface area contributed by atoms with Gasteiger partial charge in [-0.05, 0) is 32.8 Å². The highest BCUT2D eigenvalue weighted by Gasteiger charge is 2.79. The molecular weight excluding hydrogens is 429 g/mol. The topological polar surface area (TPSA) is 99.6 Å². The second-order valence-corrected chi connectivity index (χ2v) is 8.85. The smallest absolute Gasteiger partial charge is 0.417 e. The number of alkyl halides is 3. The molecule has 10 heteroatoms. The van der Waals surface area contributed by atoms with Crippen molar-refractivity contribution in [1.29, 1.82) is 5.26 Å². The number of benzene rings is 1. The van der Waals surface area contributed by atoms with Crippen LogP contribution in [0.15, 0.2) is 18.2 Å². The minimum absolute atomic E-state index is 0.196. The number of rotatable bonds is 4. The Morgan fingerprint density at radius 1 is 1.38 bits per heavy atom. The van der Waals surface area contributed by atoms with Crippen molar-refractivity contribution in [3.05, 3.63) is 29.3 Å². The first-order valence-electron chi connectivity index (χ1n) is 10.3. The van der Waals surface area contributed by atoms with Gasteiger partial charge in [-0.2, -0.15) is 18.4 Å². The van der Waals surface area contributed by atoms with Crippen molar-refractivity contribution in [2.45, 2.75) is 51.0 Å². The number of nitrogens with zero attached hydrogens (tertiary/aromatic N) is 2. The molecule has 0 spiro atoms. The Labute approximate surface area is 182 Å². The zero-order chi connectivity index (χ0) is 23.6. The van der Waals surface area contributed by atoms with E-state index in [9.17, 15) is 27.9 Å². The lowest BCUT2D eigenvalue weighted by Gasteiger charge is -2.32. The molecule has 0 saturated carbocycles. The third-order valence-corrected chi connectivity index (χ3v) is 6.78. The molecule has 5 atom stereocenters. The second-order valence-electron chi connectivity index (χ2n) is 8.85. The molecule has 3 aliphatic heterocycles. The van der Waals surface area contributed by atoms with Crippen LogP contribution in [-0.2, 0) is 25.2 Å². The van der Waals surface area contributed by atoms with Crippen LogP contribution in [0.2, 0.25) is 0 Å². The molecule has 1 amide bonds. The van der Waals surface area contributed by atoms with Gasteiger partial charge in [-0.15, -0.1) is 0 Å². The van der Waals surface area contributed by atoms with E-state index < -0.39 is 64.0 Å². The van der Waals surface area contributed by atoms with Crippen LogP contribution in [0.3, 0.4) is 0 Å². The molecule has 2 fully saturated rings. The summed E-state index contributed by atoms with van der Waals surface area (Å²) in [5.41, 5.74) is -4.33. The van der Waals surface area contributed by atoms with Crippen molar-refractivity contribution in [3.63, 3.8) is 0 Å². The number of nitriles is 1. The molecule has 3 aliphatic rings. The Hall–Kier alpha value is -2.93. The van der Waals surface area contributed by atoms with E-state index in [4.69, 9.17) is 14.7 Å². The van der Waals surface area contributed by atoms with Crippen LogP contribution < -0.4 is 0 Å². The van der Waals surface area contributed by atoms with Gasteiger partial charge in [0, 0.05) is 12.1 Å². The van der Waals surface area contributed by atoms with E-state index in [1.54, 1.807) is 13.8 Å². The zero-order valence-corrected chi connectivity index (χ0v) is 17.7. The molecular formula is C22H22F3N2O5+. The van der Waals surface area contributed by atoms with E-state index in [0.717, 1.165) is 10.6 Å². The van der Waals surface area contributed by atoms with Crippen molar-refractivity contribution in [1.82, 2.24) is 0 Å². The fourth-order valence-electron chi connectivity index (χ4n) is 5.46. The minimum atomic E-state index is -4.82. The van der Waals surface area contributed by atoms with Crippen LogP contribution in [0.1, 0.15) is 44.7 Å². The number of aliphatic hydroxyl groups excluding tert-OH is 1. The van der Waals surface area contributed by atoms with Gasteiger partial charge in [-0.1, -0.05) is 11.5 Å². The first-order chi connectivity index (χ1) is 14.9. The number of carbonyl (C=O) groups excluding carboxylic acids is 2. The van der Waals surface area contributed by atoms with Gasteiger partial charge in [0.05, 0.1) is 40.9 Å². The monoisotopic (exact) mass is 451 g/mol. The molecule has 2 bridgehead atoms. The Morgan fingerprint density at radius 3 is 2.66 bits per heavy atom. The van der Waals surface area contributed by atoms with E-state index in [0.29, 0.717) is 12.5 Å². The highest BCUT2D eigenvalue weighted by molar-refractivity contribution is 5.96. The molecule has 7 nitrogen and oxygen atoms in total. The van der Waals surface area contributed by atoms with E-state index in [1.165, 1.54) is 12.1 Å². The Kier molecular flexibility index (Phi) is 4.90. The third-order valence-electron chi connectivity index (χ3n) is 6.78. The standard InChI is InChI=1S/C22H21F3N2O5/c1-4-7-31-19(30)14-9-20(2)15-16(21(14,3)32-20)18(29)27(17(15)28)12-6-5-11(10-26)13(8-12)22(23,24)25/h5-6,8,14-16H,4,7,9H2,1-3H3/p+1/t14-,15+,16-,20+,21-/m0/s1. The summed E-state index contributed by atoms with van der Waals surface area (Å²) in [5, 5.41) is 20.0. The van der Waals surface area contributed by atoms with Gasteiger partial charge >= 0.3 is 24.0 Å². The molecule has 4 rings (SSSR count). The van der Waals surface area contributed by atoms with Gasteiger partial charge in [0.1, 0.15) is 11.8 Å². The molecule has 1 aromatic carbocycles. The number of aliphatic hydroxyl groups is 1. The lowest BCUT2D eigenvalue weighted by molar-refractivity contribution is -0.375. The maximum atomic E-state index is 13.4. The summed E-state index contributed by atoms with van der Waals surface area (Å²) in [7, 11) is 0. The number of halogens is 3. The average molecular weight is 451 g/mol. The van der Waals surface area contributed by atoms with Crippen molar-refractivity contribution >= 4 is 23.5 Å². The van der Waals surface area contributed by atoms with E-state index in [2.05, 4.69) is 0 Å². The molecule has 32 heavy (non-hydrogen) atoms. The number of hydrogen-bond acceptors (Lipinski definition) is 5. The first-order valence-corrected chi connectivity index (χ1v) is 10.3. The number of amides is 1. The first kappa shape index (κ1) is 22.3. The van der Waals surface area contributed by atoms with Gasteiger partial charge in [-0.3, -0.25) is 4.79 Å². The van der Waals surface area contributed by atoms with E-state index in [-0.39, 0.29) is 18.7 Å². The summed E-state index contributed by atoms with van der Waals surface area (Å²) in [5.74, 6) is -4.10. The molecule has 2 saturated heterocycles. The normalized spacial score (nSPS) is 33.4. The van der Waals surface area contributed by atoms with Crippen LogP contribution in [0.4, 0.5) is 18.9 Å². The summed E-state index contributed by atoms with van der Waals surface area (Å²) < 4.78 is 52.5. The Morgan fingerprint density at radius 2 is 2.06 bits per heavy atom. The quantitative estimate of drug-likeness (QED) is 0.556. The van der Waals surface area contributed by atoms with Crippen molar-refractivity contribution in [2.24, 2.45) is 17.8 Å². The van der Waals surface area contributed by atoms with Crippen molar-refractivity contribution < 1.29 is 41.9 Å². The highest BCUT2D eigenvalue weighted by atomic mass is 19.4. The summed E-state index contributed by atoms with van der Waals surface area (Å²) in [6.45, 7) is 5.36. The Balaban J connectivity index is 1.79. The number of esters is 1. The van der Waals surface area contributed by atoms with Gasteiger partial charge in [0.15, 0.2) is 0 Å². The molecule has 0 radical (unpaired) electrons. The number of fused-ring (bicyclic) bond motifs is 5. The van der Waals surface area contributed by atoms with E-state index in [1.807, 2.05) is 6.92 Å². The molecule has 0 aliphatic carbocycles. The lowest BCUT2D eigenvalue weighted by Crippen LogP contribution is -2.50. The predicted molar refractivity (Wildman–Crippen MR) is 103 cm³/mol. The van der Waals surface area contributed by atoms with Crippen LogP contribution in [0.5, 0.6) is 0 Å². The van der Waals surface area contributed by atoms with Crippen LogP contribution in [-0.4, -0.2) is 45.3 Å². The van der Waals surface area contributed by atoms with Crippen LogP contribution in [0.25, 0.3) is 0 Å². The average Bonchev–Trinajstić information content (AvgIpc) is 3.25. The van der Waals surface area contributed by atoms with E-state index >= 15 is 0 Å². The van der Waals surface area contributed by atoms with Gasteiger partial charge in [0.2, 0.25) is 5.69 Å².